The van der Waals surface area contributed by atoms with Gasteiger partial charge in [0.25, 0.3) is 11.1 Å². The second-order valence-electron chi connectivity index (χ2n) is 10.9. The second kappa shape index (κ2) is 13.8. The minimum atomic E-state index is -1.16. The Morgan fingerprint density at radius 1 is 0.696 bits per heavy atom. The molecule has 46 heavy (non-hydrogen) atoms. The van der Waals surface area contributed by atoms with Crippen LogP contribution in [0.2, 0.25) is 0 Å². The summed E-state index contributed by atoms with van der Waals surface area (Å²) in [4.78, 5) is 60.6. The van der Waals surface area contributed by atoms with Crippen LogP contribution in [0.4, 0.5) is 5.69 Å². The molecule has 1 aliphatic heterocycles. The maximum absolute atomic E-state index is 13.3. The lowest BCUT2D eigenvalue weighted by Crippen LogP contribution is -2.27. The molecule has 1 fully saturated rings. The third-order valence-electron chi connectivity index (χ3n) is 8.23. The molecule has 0 amide bonds. The van der Waals surface area contributed by atoms with E-state index < -0.39 is 23.1 Å². The average molecular weight is 628 g/mol. The van der Waals surface area contributed by atoms with Crippen molar-refractivity contribution in [3.05, 3.63) is 91.5 Å². The van der Waals surface area contributed by atoms with Crippen LogP contribution in [0.1, 0.15) is 58.5 Å². The third kappa shape index (κ3) is 6.26. The van der Waals surface area contributed by atoms with Crippen molar-refractivity contribution in [2.45, 2.75) is 39.5 Å². The van der Waals surface area contributed by atoms with Gasteiger partial charge >= 0.3 is 11.9 Å². The van der Waals surface area contributed by atoms with Gasteiger partial charge in [0.1, 0.15) is 28.4 Å². The van der Waals surface area contributed by atoms with E-state index in [9.17, 15) is 19.2 Å². The van der Waals surface area contributed by atoms with E-state index in [2.05, 4.69) is 14.9 Å². The molecular formula is C35H37N3O8. The van der Waals surface area contributed by atoms with E-state index in [1.54, 1.807) is 25.3 Å². The normalized spacial score (nSPS) is 12.6. The number of carbonyl (C=O) groups is 2. The summed E-state index contributed by atoms with van der Waals surface area (Å²) in [6.45, 7) is 5.53. The predicted octanol–water partition coefficient (Wildman–Crippen LogP) is 5.15. The van der Waals surface area contributed by atoms with Gasteiger partial charge in [-0.25, -0.2) is 9.59 Å². The fourth-order valence-corrected chi connectivity index (χ4v) is 5.76. The van der Waals surface area contributed by atoms with Gasteiger partial charge in [-0.2, -0.15) is 0 Å². The molecule has 0 atom stereocenters. The van der Waals surface area contributed by atoms with Crippen LogP contribution in [0.5, 0.6) is 17.2 Å². The number of methoxy groups -OCH3 is 3. The molecule has 240 valence electrons. The van der Waals surface area contributed by atoms with Crippen LogP contribution in [-0.4, -0.2) is 56.3 Å². The fraction of sp³-hybridized carbons (Fsp3) is 0.314. The third-order valence-corrected chi connectivity index (χ3v) is 8.23. The standard InChI is InChI=1S/C35H37N3O8/c1-6-20-16-26(32(39)36-30(20)24-12-10-22(43-3)18-28(24)38-14-8-9-15-38)34(41)46-35(42)27-17-21(7-2)31(37-33(27)40)25-13-11-23(44-4)19-29(25)45-5/h10-13,16-19H,6-9,14-15H2,1-5H3,(H,36,39)(H,37,40). The number of ether oxygens (including phenoxy) is 4. The van der Waals surface area contributed by atoms with E-state index in [1.165, 1.54) is 26.4 Å². The SMILES string of the molecule is CCc1cc(C(=O)OC(=O)c2cc(CC)c(-c3ccc(OC)cc3N3CCCC3)[nH]c2=O)c(=O)[nH]c1-c1ccc(OC)cc1OC. The quantitative estimate of drug-likeness (QED) is 0.181. The van der Waals surface area contributed by atoms with Crippen LogP contribution >= 0.6 is 0 Å². The van der Waals surface area contributed by atoms with Gasteiger partial charge in [0.2, 0.25) is 0 Å². The molecule has 0 radical (unpaired) electrons. The largest absolute Gasteiger partial charge is 0.497 e. The van der Waals surface area contributed by atoms with Crippen molar-refractivity contribution in [2.24, 2.45) is 0 Å². The minimum absolute atomic E-state index is 0.336. The number of aromatic nitrogens is 2. The number of nitrogens with one attached hydrogen (secondary N) is 2. The number of benzene rings is 2. The number of hydrogen-bond acceptors (Lipinski definition) is 9. The summed E-state index contributed by atoms with van der Waals surface area (Å²) < 4.78 is 21.3. The van der Waals surface area contributed by atoms with Crippen molar-refractivity contribution in [1.82, 2.24) is 9.97 Å². The number of aryl methyl sites for hydroxylation is 2. The Labute approximate surface area is 266 Å². The molecule has 11 heteroatoms. The number of pyridine rings is 2. The Morgan fingerprint density at radius 3 is 1.70 bits per heavy atom. The lowest BCUT2D eigenvalue weighted by molar-refractivity contribution is 0.0395. The summed E-state index contributed by atoms with van der Waals surface area (Å²) >= 11 is 0. The molecule has 2 aromatic heterocycles. The zero-order valence-corrected chi connectivity index (χ0v) is 26.6. The van der Waals surface area contributed by atoms with Gasteiger partial charge in [-0.05, 0) is 73.2 Å². The second-order valence-corrected chi connectivity index (χ2v) is 10.9. The maximum Gasteiger partial charge on any atom is 0.351 e. The van der Waals surface area contributed by atoms with Gasteiger partial charge in [0.15, 0.2) is 0 Å². The van der Waals surface area contributed by atoms with E-state index in [4.69, 9.17) is 18.9 Å². The first-order valence-electron chi connectivity index (χ1n) is 15.2. The molecule has 1 aliphatic rings. The van der Waals surface area contributed by atoms with Gasteiger partial charge < -0.3 is 33.8 Å². The summed E-state index contributed by atoms with van der Waals surface area (Å²) in [6.07, 6.45) is 3.06. The maximum atomic E-state index is 13.3. The highest BCUT2D eigenvalue weighted by atomic mass is 16.6. The number of anilines is 1. The van der Waals surface area contributed by atoms with Crippen LogP contribution in [-0.2, 0) is 17.6 Å². The van der Waals surface area contributed by atoms with Crippen molar-refractivity contribution in [3.63, 3.8) is 0 Å². The number of aromatic amines is 2. The van der Waals surface area contributed by atoms with Crippen LogP contribution in [0.25, 0.3) is 22.5 Å². The molecule has 5 rings (SSSR count). The number of hydrogen-bond donors (Lipinski definition) is 2. The highest BCUT2D eigenvalue weighted by Gasteiger charge is 2.25. The first kappa shape index (κ1) is 32.1. The van der Waals surface area contributed by atoms with Crippen LogP contribution in [0.15, 0.2) is 58.1 Å². The Kier molecular flexibility index (Phi) is 9.60. The molecule has 2 N–H and O–H groups in total. The van der Waals surface area contributed by atoms with E-state index in [0.717, 1.165) is 37.2 Å². The molecule has 4 aromatic rings. The molecule has 0 saturated carbocycles. The molecule has 0 bridgehead atoms. The monoisotopic (exact) mass is 627 g/mol. The Balaban J connectivity index is 1.46. The van der Waals surface area contributed by atoms with Crippen molar-refractivity contribution in [3.8, 4) is 39.8 Å². The number of H-pyrrole nitrogens is 2. The fourth-order valence-electron chi connectivity index (χ4n) is 5.76. The number of carbonyl (C=O) groups excluding carboxylic acids is 2. The van der Waals surface area contributed by atoms with Crippen LogP contribution < -0.4 is 30.2 Å². The number of rotatable bonds is 10. The molecular weight excluding hydrogens is 590 g/mol. The molecule has 11 nitrogen and oxygen atoms in total. The number of esters is 2. The van der Waals surface area contributed by atoms with E-state index >= 15 is 0 Å². The zero-order valence-electron chi connectivity index (χ0n) is 26.6. The molecule has 2 aromatic carbocycles. The van der Waals surface area contributed by atoms with Gasteiger partial charge in [-0.15, -0.1) is 0 Å². The summed E-state index contributed by atoms with van der Waals surface area (Å²) in [6, 6.07) is 13.6. The first-order valence-corrected chi connectivity index (χ1v) is 15.2. The van der Waals surface area contributed by atoms with Gasteiger partial charge in [0, 0.05) is 42.0 Å². The number of nitrogens with zero attached hydrogens (tertiary/aromatic N) is 1. The van der Waals surface area contributed by atoms with E-state index in [1.807, 2.05) is 32.0 Å². The predicted molar refractivity (Wildman–Crippen MR) is 175 cm³/mol. The van der Waals surface area contributed by atoms with Gasteiger partial charge in [-0.3, -0.25) is 9.59 Å². The summed E-state index contributed by atoms with van der Waals surface area (Å²) in [5.74, 6) is -0.582. The lowest BCUT2D eigenvalue weighted by atomic mass is 9.99. The van der Waals surface area contributed by atoms with E-state index in [0.29, 0.717) is 58.2 Å². The highest BCUT2D eigenvalue weighted by molar-refractivity contribution is 6.03. The minimum Gasteiger partial charge on any atom is -0.497 e. The van der Waals surface area contributed by atoms with Crippen LogP contribution in [0, 0.1) is 0 Å². The summed E-state index contributed by atoms with van der Waals surface area (Å²) in [5.41, 5.74) is 2.50. The molecule has 0 spiro atoms. The topological polar surface area (TPSA) is 140 Å². The lowest BCUT2D eigenvalue weighted by Gasteiger charge is -2.23. The van der Waals surface area contributed by atoms with Crippen molar-refractivity contribution >= 4 is 17.6 Å². The summed E-state index contributed by atoms with van der Waals surface area (Å²) in [7, 11) is 4.64. The van der Waals surface area contributed by atoms with Crippen molar-refractivity contribution < 1.29 is 28.5 Å². The van der Waals surface area contributed by atoms with Crippen molar-refractivity contribution in [1.29, 1.82) is 0 Å². The summed E-state index contributed by atoms with van der Waals surface area (Å²) in [5, 5.41) is 0. The zero-order chi connectivity index (χ0) is 33.0. The molecule has 0 unspecified atom stereocenters. The average Bonchev–Trinajstić information content (AvgIpc) is 3.62. The Bertz CT molecular complexity index is 1900. The van der Waals surface area contributed by atoms with Gasteiger partial charge in [-0.1, -0.05) is 13.8 Å². The van der Waals surface area contributed by atoms with Crippen LogP contribution in [0.3, 0.4) is 0 Å². The van der Waals surface area contributed by atoms with Gasteiger partial charge in [0.05, 0.1) is 32.7 Å². The highest BCUT2D eigenvalue weighted by Crippen LogP contribution is 2.37. The molecule has 1 saturated heterocycles. The van der Waals surface area contributed by atoms with E-state index in [-0.39, 0.29) is 11.1 Å². The smallest absolute Gasteiger partial charge is 0.351 e. The molecule has 3 heterocycles. The molecule has 0 aliphatic carbocycles. The Hall–Kier alpha value is -5.32. The Morgan fingerprint density at radius 2 is 1.20 bits per heavy atom. The first-order chi connectivity index (χ1) is 22.2. The van der Waals surface area contributed by atoms with Crippen molar-refractivity contribution in [2.75, 3.05) is 39.3 Å².